The van der Waals surface area contributed by atoms with Crippen molar-refractivity contribution in [2.45, 2.75) is 67.1 Å². The minimum Gasteiger partial charge on any atom is -0.421 e. The standard InChI is InChI=1S/C33H32I3O2S/c1-32(2,3)22-9-15-26(16-10-22)39(27-17-11-23(12-18-27)33(4,5)6)25-13-7-21(8-14-25)31(37)38-30-28(35)19-24(34)20-29(30)36/h7-20H,1-6H3/q+1. The average Bonchev–Trinajstić information content (AvgIpc) is 2.86. The van der Waals surface area contributed by atoms with Crippen LogP contribution >= 0.6 is 67.8 Å². The van der Waals surface area contributed by atoms with Crippen LogP contribution in [0.15, 0.2) is 99.6 Å². The second-order valence-electron chi connectivity index (χ2n) is 11.5. The van der Waals surface area contributed by atoms with Crippen LogP contribution in [0, 0.1) is 10.7 Å². The molecule has 0 aliphatic carbocycles. The van der Waals surface area contributed by atoms with Gasteiger partial charge < -0.3 is 4.74 Å². The summed E-state index contributed by atoms with van der Waals surface area (Å²) in [4.78, 5) is 16.7. The Morgan fingerprint density at radius 1 is 0.615 bits per heavy atom. The highest BCUT2D eigenvalue weighted by molar-refractivity contribution is 14.1. The zero-order chi connectivity index (χ0) is 28.5. The molecule has 0 N–H and O–H groups in total. The van der Waals surface area contributed by atoms with E-state index in [4.69, 9.17) is 4.74 Å². The molecule has 2 nitrogen and oxygen atoms in total. The van der Waals surface area contributed by atoms with Crippen molar-refractivity contribution in [3.05, 3.63) is 112 Å². The van der Waals surface area contributed by atoms with Crippen LogP contribution in [-0.2, 0) is 21.7 Å². The number of ether oxygens (including phenoxy) is 1. The Hall–Kier alpha value is -1.11. The van der Waals surface area contributed by atoms with Gasteiger partial charge in [0.05, 0.1) is 23.6 Å². The summed E-state index contributed by atoms with van der Waals surface area (Å²) in [6.07, 6.45) is 0. The molecular formula is C33H32I3O2S+. The predicted molar refractivity (Wildman–Crippen MR) is 188 cm³/mol. The molecule has 0 aliphatic heterocycles. The molecule has 4 aromatic carbocycles. The van der Waals surface area contributed by atoms with E-state index in [0.29, 0.717) is 11.3 Å². The number of carbonyl (C=O) groups is 1. The fourth-order valence-corrected chi connectivity index (χ4v) is 9.94. The normalized spacial score (nSPS) is 12.1. The van der Waals surface area contributed by atoms with Gasteiger partial charge >= 0.3 is 5.97 Å². The molecule has 0 spiro atoms. The van der Waals surface area contributed by atoms with Crippen molar-refractivity contribution in [3.63, 3.8) is 0 Å². The molecule has 0 fully saturated rings. The number of halogens is 3. The molecule has 0 aliphatic rings. The van der Waals surface area contributed by atoms with Crippen LogP contribution in [0.1, 0.15) is 63.0 Å². The van der Waals surface area contributed by atoms with Gasteiger partial charge in [0.25, 0.3) is 0 Å². The van der Waals surface area contributed by atoms with Crippen LogP contribution in [-0.4, -0.2) is 5.97 Å². The van der Waals surface area contributed by atoms with Crippen molar-refractivity contribution in [1.82, 2.24) is 0 Å². The Bertz CT molecular complexity index is 1380. The minimum absolute atomic E-state index is 0.0974. The summed E-state index contributed by atoms with van der Waals surface area (Å²) in [6, 6.07) is 29.9. The average molecular weight is 873 g/mol. The summed E-state index contributed by atoms with van der Waals surface area (Å²) >= 11 is 6.71. The predicted octanol–water partition coefficient (Wildman–Crippen LogP) is 10.4. The van der Waals surface area contributed by atoms with Crippen molar-refractivity contribution in [1.29, 1.82) is 0 Å². The topological polar surface area (TPSA) is 26.3 Å². The van der Waals surface area contributed by atoms with Gasteiger partial charge in [0, 0.05) is 3.57 Å². The lowest BCUT2D eigenvalue weighted by molar-refractivity contribution is 0.0732. The molecule has 6 heteroatoms. The molecule has 202 valence electrons. The zero-order valence-electron chi connectivity index (χ0n) is 22.9. The van der Waals surface area contributed by atoms with Crippen molar-refractivity contribution >= 4 is 84.6 Å². The molecule has 0 bridgehead atoms. The molecule has 0 radical (unpaired) electrons. The van der Waals surface area contributed by atoms with E-state index in [1.807, 2.05) is 24.3 Å². The summed E-state index contributed by atoms with van der Waals surface area (Å²) in [5.74, 6) is 0.269. The molecule has 39 heavy (non-hydrogen) atoms. The SMILES string of the molecule is CC(C)(C)c1ccc([S+](c2ccc(C(=O)Oc3c(I)cc(I)cc3I)cc2)c2ccc(C(C)(C)C)cc2)cc1. The summed E-state index contributed by atoms with van der Waals surface area (Å²) < 4.78 is 8.78. The zero-order valence-corrected chi connectivity index (χ0v) is 30.2. The van der Waals surface area contributed by atoms with E-state index >= 15 is 0 Å². The van der Waals surface area contributed by atoms with Crippen LogP contribution in [0.2, 0.25) is 0 Å². The first-order valence-corrected chi connectivity index (χ1v) is 17.1. The summed E-state index contributed by atoms with van der Waals surface area (Å²) in [5, 5.41) is 0. The monoisotopic (exact) mass is 873 g/mol. The van der Waals surface area contributed by atoms with Gasteiger partial charge in [0.1, 0.15) is 0 Å². The van der Waals surface area contributed by atoms with Gasteiger partial charge in [-0.25, -0.2) is 4.79 Å². The first kappa shape index (κ1) is 30.8. The van der Waals surface area contributed by atoms with Gasteiger partial charge in [-0.05, 0) is 150 Å². The van der Waals surface area contributed by atoms with Crippen LogP contribution in [0.25, 0.3) is 0 Å². The summed E-state index contributed by atoms with van der Waals surface area (Å²) in [5.41, 5.74) is 3.37. The van der Waals surface area contributed by atoms with Gasteiger partial charge in [-0.15, -0.1) is 0 Å². The van der Waals surface area contributed by atoms with Crippen LogP contribution in [0.4, 0.5) is 0 Å². The first-order chi connectivity index (χ1) is 18.2. The molecule has 0 amide bonds. The van der Waals surface area contributed by atoms with Crippen molar-refractivity contribution in [2.24, 2.45) is 0 Å². The third-order valence-corrected chi connectivity index (χ3v) is 10.9. The van der Waals surface area contributed by atoms with Crippen molar-refractivity contribution < 1.29 is 9.53 Å². The Balaban J connectivity index is 1.68. The maximum absolute atomic E-state index is 13.1. The van der Waals surface area contributed by atoms with E-state index in [2.05, 4.69) is 170 Å². The molecule has 0 atom stereocenters. The third-order valence-electron chi connectivity index (χ3n) is 6.40. The van der Waals surface area contributed by atoms with Gasteiger partial charge in [0.2, 0.25) is 0 Å². The largest absolute Gasteiger partial charge is 0.421 e. The molecule has 0 aromatic heterocycles. The molecule has 4 rings (SSSR count). The van der Waals surface area contributed by atoms with Crippen LogP contribution in [0.5, 0.6) is 5.75 Å². The molecule has 0 heterocycles. The van der Waals surface area contributed by atoms with Crippen molar-refractivity contribution in [3.8, 4) is 5.75 Å². The Labute approximate surface area is 276 Å². The molecular weight excluding hydrogens is 841 g/mol. The molecule has 0 saturated heterocycles. The number of esters is 1. The quantitative estimate of drug-likeness (QED) is 0.0865. The summed E-state index contributed by atoms with van der Waals surface area (Å²) in [7, 11) is -0.309. The Kier molecular flexibility index (Phi) is 9.81. The number of hydrogen-bond acceptors (Lipinski definition) is 2. The second-order valence-corrected chi connectivity index (χ2v) is 17.1. The van der Waals surface area contributed by atoms with E-state index in [0.717, 1.165) is 15.6 Å². The van der Waals surface area contributed by atoms with Crippen LogP contribution in [0.3, 0.4) is 0 Å². The maximum atomic E-state index is 13.1. The Morgan fingerprint density at radius 3 is 1.33 bits per heavy atom. The Morgan fingerprint density at radius 2 is 0.974 bits per heavy atom. The van der Waals surface area contributed by atoms with E-state index < -0.39 is 0 Å². The number of hydrogen-bond donors (Lipinski definition) is 0. The fourth-order valence-electron chi connectivity index (χ4n) is 4.10. The van der Waals surface area contributed by atoms with Crippen LogP contribution < -0.4 is 4.74 Å². The highest BCUT2D eigenvalue weighted by atomic mass is 127. The van der Waals surface area contributed by atoms with Crippen molar-refractivity contribution in [2.75, 3.05) is 0 Å². The molecule has 0 saturated carbocycles. The smallest absolute Gasteiger partial charge is 0.343 e. The number of carbonyl (C=O) groups excluding carboxylic acids is 1. The lowest BCUT2D eigenvalue weighted by Crippen LogP contribution is -2.13. The van der Waals surface area contributed by atoms with Gasteiger partial charge in [-0.2, -0.15) is 0 Å². The van der Waals surface area contributed by atoms with Gasteiger partial charge in [-0.3, -0.25) is 0 Å². The van der Waals surface area contributed by atoms with Gasteiger partial charge in [-0.1, -0.05) is 65.8 Å². The second kappa shape index (κ2) is 12.4. The summed E-state index contributed by atoms with van der Waals surface area (Å²) in [6.45, 7) is 13.4. The lowest BCUT2D eigenvalue weighted by atomic mass is 9.87. The highest BCUT2D eigenvalue weighted by Crippen LogP contribution is 2.35. The van der Waals surface area contributed by atoms with E-state index in [1.165, 1.54) is 20.9 Å². The number of rotatable bonds is 5. The van der Waals surface area contributed by atoms with E-state index in [-0.39, 0.29) is 27.7 Å². The highest BCUT2D eigenvalue weighted by Gasteiger charge is 2.30. The maximum Gasteiger partial charge on any atom is 0.343 e. The molecule has 4 aromatic rings. The fraction of sp³-hybridized carbons (Fsp3) is 0.242. The minimum atomic E-state index is -0.345. The van der Waals surface area contributed by atoms with E-state index in [1.54, 1.807) is 0 Å². The third kappa shape index (κ3) is 7.60. The lowest BCUT2D eigenvalue weighted by Gasteiger charge is -2.20. The van der Waals surface area contributed by atoms with Gasteiger partial charge in [0.15, 0.2) is 20.4 Å². The molecule has 0 unspecified atom stereocenters. The number of benzene rings is 4. The first-order valence-electron chi connectivity index (χ1n) is 12.7. The van der Waals surface area contributed by atoms with E-state index in [9.17, 15) is 4.79 Å².